The van der Waals surface area contributed by atoms with Crippen molar-refractivity contribution < 1.29 is 9.53 Å². The Morgan fingerprint density at radius 2 is 0.938 bits per heavy atom. The fraction of sp³-hybridized carbons (Fsp3) is 0.769. The average molecular weight is 798 g/mol. The van der Waals surface area contributed by atoms with Crippen molar-refractivity contribution in [3.05, 3.63) is 12.7 Å². The first-order chi connectivity index (χ1) is 13.6. The molecular weight excluding hydrogens is 791 g/mol. The fourth-order valence-corrected chi connectivity index (χ4v) is 7.05. The van der Waals surface area contributed by atoms with E-state index in [0.717, 1.165) is 0 Å². The molecule has 0 rings (SSSR count). The van der Waals surface area contributed by atoms with Crippen LogP contribution in [0.5, 0.6) is 0 Å². The highest BCUT2D eigenvalue weighted by Gasteiger charge is 2.82. The maximum atomic E-state index is 11.6. The molecule has 0 fully saturated rings. The molecule has 0 aromatic heterocycles. The van der Waals surface area contributed by atoms with Crippen molar-refractivity contribution in [3.8, 4) is 0 Å². The summed E-state index contributed by atoms with van der Waals surface area (Å²) in [5.74, 6) is -1.21. The quantitative estimate of drug-likeness (QED) is 0.125. The van der Waals surface area contributed by atoms with Crippen molar-refractivity contribution in [1.29, 1.82) is 0 Å². The molecule has 0 aromatic rings. The van der Waals surface area contributed by atoms with Gasteiger partial charge in [0.25, 0.3) is 4.52 Å². The molecule has 0 bridgehead atoms. The lowest BCUT2D eigenvalue weighted by Gasteiger charge is -2.54. The topological polar surface area (TPSA) is 26.3 Å². The maximum absolute atomic E-state index is 11.6. The van der Waals surface area contributed by atoms with Crippen LogP contribution in [0.3, 0.4) is 0 Å². The number of alkyl halides is 17. The van der Waals surface area contributed by atoms with Crippen molar-refractivity contribution in [1.82, 2.24) is 0 Å². The molecule has 190 valence electrons. The third-order valence-electron chi connectivity index (χ3n) is 3.65. The third-order valence-corrected chi connectivity index (χ3v) is 15.7. The Bertz CT molecular complexity index is 724. The lowest BCUT2D eigenvalue weighted by molar-refractivity contribution is -0.142. The number of hydrogen-bond acceptors (Lipinski definition) is 2. The minimum Gasteiger partial charge on any atom is -0.422 e. The summed E-state index contributed by atoms with van der Waals surface area (Å²) in [6.07, 6.45) is 0.654. The molecular formula is C13H7Cl17O2. The highest BCUT2D eigenvalue weighted by Crippen LogP contribution is 2.72. The summed E-state index contributed by atoms with van der Waals surface area (Å²) in [4.78, 5) is 11.6. The summed E-state index contributed by atoms with van der Waals surface area (Å²) in [6, 6.07) is 0. The molecule has 0 amide bonds. The second-order valence-electron chi connectivity index (χ2n) is 5.83. The van der Waals surface area contributed by atoms with Gasteiger partial charge in [-0.15, -0.1) is 11.6 Å². The molecule has 0 heterocycles. The Kier molecular flexibility index (Phi) is 12.8. The Hall–Kier alpha value is 4.14. The Morgan fingerprint density at radius 3 is 1.22 bits per heavy atom. The molecule has 0 aliphatic heterocycles. The van der Waals surface area contributed by atoms with Gasteiger partial charge in [-0.2, -0.15) is 0 Å². The van der Waals surface area contributed by atoms with Gasteiger partial charge >= 0.3 is 5.97 Å². The van der Waals surface area contributed by atoms with E-state index in [4.69, 9.17) is 197 Å². The van der Waals surface area contributed by atoms with Crippen molar-refractivity contribution in [2.45, 2.75) is 47.2 Å². The van der Waals surface area contributed by atoms with Crippen LogP contribution in [0.25, 0.3) is 0 Å². The van der Waals surface area contributed by atoms with Crippen molar-refractivity contribution in [3.63, 3.8) is 0 Å². The molecule has 2 nitrogen and oxygen atoms in total. The van der Waals surface area contributed by atoms with E-state index in [1.807, 2.05) is 0 Å². The summed E-state index contributed by atoms with van der Waals surface area (Å²) in [7, 11) is 0. The van der Waals surface area contributed by atoms with Crippen LogP contribution >= 0.6 is 197 Å². The van der Waals surface area contributed by atoms with Gasteiger partial charge in [0.2, 0.25) is 4.33 Å². The summed E-state index contributed by atoms with van der Waals surface area (Å²) in [5, 5.41) is -1.23. The van der Waals surface area contributed by atoms with E-state index >= 15 is 0 Å². The van der Waals surface area contributed by atoms with Gasteiger partial charge in [-0.25, -0.2) is 4.79 Å². The van der Waals surface area contributed by atoms with Gasteiger partial charge in [0.15, 0.2) is 26.0 Å². The first-order valence-electron chi connectivity index (χ1n) is 7.17. The Labute approximate surface area is 269 Å². The van der Waals surface area contributed by atoms with Crippen LogP contribution in [-0.4, -0.2) is 46.2 Å². The fourth-order valence-electron chi connectivity index (χ4n) is 1.66. The number of carbonyl (C=O) groups is 1. The molecule has 19 heteroatoms. The maximum Gasteiger partial charge on any atom is 0.332 e. The smallest absolute Gasteiger partial charge is 0.332 e. The van der Waals surface area contributed by atoms with Gasteiger partial charge < -0.3 is 4.74 Å². The van der Waals surface area contributed by atoms with E-state index in [1.165, 1.54) is 6.92 Å². The number of ether oxygens (including phenoxy) is 1. The normalized spacial score (nSPS) is 16.6. The molecule has 0 aliphatic carbocycles. The van der Waals surface area contributed by atoms with Crippen LogP contribution in [0, 0.1) is 0 Å². The predicted octanol–water partition coefficient (Wildman–Crippen LogP) is 10.7. The zero-order valence-corrected chi connectivity index (χ0v) is 27.5. The number of rotatable bonds is 10. The monoisotopic (exact) mass is 790 g/mol. The Morgan fingerprint density at radius 1 is 0.656 bits per heavy atom. The second kappa shape index (κ2) is 11.3. The molecule has 32 heavy (non-hydrogen) atoms. The first-order valence-corrected chi connectivity index (χ1v) is 13.7. The van der Waals surface area contributed by atoms with Crippen molar-refractivity contribution in [2.75, 3.05) is 0 Å². The van der Waals surface area contributed by atoms with E-state index < -0.39 is 46.2 Å². The zero-order valence-electron chi connectivity index (χ0n) is 14.6. The second-order valence-corrected chi connectivity index (χ2v) is 17.1. The minimum atomic E-state index is -3.12. The summed E-state index contributed by atoms with van der Waals surface area (Å²) in [6.45, 7) is 4.42. The van der Waals surface area contributed by atoms with Crippen LogP contribution in [0.4, 0.5) is 0 Å². The van der Waals surface area contributed by atoms with Crippen LogP contribution in [0.2, 0.25) is 0 Å². The van der Waals surface area contributed by atoms with Gasteiger partial charge in [-0.05, 0) is 6.92 Å². The number of hydrogen-bond donors (Lipinski definition) is 0. The largest absolute Gasteiger partial charge is 0.422 e. The van der Waals surface area contributed by atoms with Crippen LogP contribution in [-0.2, 0) is 9.53 Å². The van der Waals surface area contributed by atoms with E-state index in [2.05, 4.69) is 11.3 Å². The molecule has 0 spiro atoms. The van der Waals surface area contributed by atoms with Crippen LogP contribution in [0.1, 0.15) is 6.92 Å². The lowest BCUT2D eigenvalue weighted by Crippen LogP contribution is -2.71. The van der Waals surface area contributed by atoms with Crippen LogP contribution < -0.4 is 0 Å². The molecule has 0 N–H and O–H groups in total. The summed E-state index contributed by atoms with van der Waals surface area (Å²) in [5.41, 5.74) is 0. The Balaban J connectivity index is 6.80. The van der Waals surface area contributed by atoms with Crippen LogP contribution in [0.15, 0.2) is 12.7 Å². The SMILES string of the molecule is C=CC(=O)OC(Cl)(Cl)C(Cl)(Cl)C(Cl)(Cl)C(Cl)(Cl)C(Cl)(Cl)C(Cl)(Cl)C(Cl)(Cl)C(Cl)(Cl)C(C)Cl. The molecule has 1 atom stereocenters. The summed E-state index contributed by atoms with van der Waals surface area (Å²) >= 11 is 105. The van der Waals surface area contributed by atoms with E-state index in [9.17, 15) is 4.79 Å². The van der Waals surface area contributed by atoms with Gasteiger partial charge in [0.1, 0.15) is 0 Å². The predicted molar refractivity (Wildman–Crippen MR) is 147 cm³/mol. The number of esters is 1. The average Bonchev–Trinajstić information content (AvgIpc) is 2.59. The number of carbonyl (C=O) groups excluding carboxylic acids is 1. The van der Waals surface area contributed by atoms with Gasteiger partial charge in [-0.1, -0.05) is 192 Å². The standard InChI is InChI=1S/C13H7Cl17O2/c1-3-5(31)32-13(29,30)12(27,28)11(25,26)10(23,24)9(21,22)8(19,20)7(17,18)6(15,16)4(2)14/h3-4H,1H2,2H3. The molecule has 0 aliphatic rings. The molecule has 0 saturated heterocycles. The van der Waals surface area contributed by atoms with Gasteiger partial charge in [0.05, 0.1) is 5.38 Å². The summed E-state index contributed by atoms with van der Waals surface area (Å²) < 4.78 is -18.7. The van der Waals surface area contributed by atoms with E-state index in [1.54, 1.807) is 0 Å². The van der Waals surface area contributed by atoms with E-state index in [0.29, 0.717) is 6.08 Å². The van der Waals surface area contributed by atoms with Crippen molar-refractivity contribution in [2.24, 2.45) is 0 Å². The van der Waals surface area contributed by atoms with Crippen molar-refractivity contribution >= 4 is 203 Å². The minimum absolute atomic E-state index is 0.654. The van der Waals surface area contributed by atoms with Gasteiger partial charge in [0, 0.05) is 6.08 Å². The van der Waals surface area contributed by atoms with Gasteiger partial charge in [-0.3, -0.25) is 0 Å². The molecule has 0 radical (unpaired) electrons. The zero-order chi connectivity index (χ0) is 26.6. The lowest BCUT2D eigenvalue weighted by atomic mass is 10.0. The molecule has 1 unspecified atom stereocenters. The number of halogens is 17. The van der Waals surface area contributed by atoms with E-state index in [-0.39, 0.29) is 0 Å². The highest BCUT2D eigenvalue weighted by atomic mass is 35.6. The first kappa shape index (κ1) is 36.1. The molecule has 0 saturated carbocycles. The molecule has 0 aromatic carbocycles. The third kappa shape index (κ3) is 5.84. The highest BCUT2D eigenvalue weighted by molar-refractivity contribution is 6.80.